The highest BCUT2D eigenvalue weighted by Crippen LogP contribution is 2.55. The molecule has 0 heterocycles. The summed E-state index contributed by atoms with van der Waals surface area (Å²) in [6, 6.07) is 52.3. The third kappa shape index (κ3) is 4.29. The van der Waals surface area contributed by atoms with Gasteiger partial charge in [-0.2, -0.15) is 0 Å². The number of fused-ring (bicyclic) bond motifs is 2. The molecule has 0 amide bonds. The Morgan fingerprint density at radius 3 is 1.31 bits per heavy atom. The topological polar surface area (TPSA) is 40.5 Å². The highest BCUT2D eigenvalue weighted by molar-refractivity contribution is 9.10. The molecule has 0 bridgehead atoms. The van der Waals surface area contributed by atoms with Crippen molar-refractivity contribution in [2.45, 2.75) is 0 Å². The molecule has 0 saturated heterocycles. The highest BCUT2D eigenvalue weighted by atomic mass is 79.9. The van der Waals surface area contributed by atoms with Crippen molar-refractivity contribution >= 4 is 66.0 Å². The Labute approximate surface area is 254 Å². The van der Waals surface area contributed by atoms with Gasteiger partial charge in [0, 0.05) is 15.6 Å². The van der Waals surface area contributed by atoms with Gasteiger partial charge in [-0.3, -0.25) is 0 Å². The summed E-state index contributed by atoms with van der Waals surface area (Å²) in [5, 5.41) is 31.2. The molecule has 0 aliphatic heterocycles. The number of hydrogen-bond acceptors (Lipinski definition) is 2. The molecular formula is C38H27BrO2P+. The van der Waals surface area contributed by atoms with Gasteiger partial charge in [-0.05, 0) is 100 Å². The summed E-state index contributed by atoms with van der Waals surface area (Å²) in [7, 11) is -2.28. The molecule has 0 saturated carbocycles. The molecule has 42 heavy (non-hydrogen) atoms. The van der Waals surface area contributed by atoms with Gasteiger partial charge in [-0.25, -0.2) is 0 Å². The molecule has 0 fully saturated rings. The van der Waals surface area contributed by atoms with Crippen LogP contribution in [0.2, 0.25) is 0 Å². The Balaban J connectivity index is 1.55. The Morgan fingerprint density at radius 1 is 0.405 bits per heavy atom. The Bertz CT molecular complexity index is 1960. The van der Waals surface area contributed by atoms with Crippen molar-refractivity contribution in [3.05, 3.63) is 156 Å². The number of rotatable bonds is 5. The Morgan fingerprint density at radius 2 is 0.833 bits per heavy atom. The molecule has 0 unspecified atom stereocenters. The Hall–Kier alpha value is -4.43. The summed E-state index contributed by atoms with van der Waals surface area (Å²) >= 11 is 3.56. The summed E-state index contributed by atoms with van der Waals surface area (Å²) in [4.78, 5) is 0. The molecule has 7 aromatic carbocycles. The lowest BCUT2D eigenvalue weighted by Crippen LogP contribution is -2.38. The maximum atomic E-state index is 11.3. The van der Waals surface area contributed by atoms with Crippen molar-refractivity contribution in [3.63, 3.8) is 0 Å². The second-order valence-corrected chi connectivity index (χ2v) is 14.7. The first-order valence-corrected chi connectivity index (χ1v) is 16.4. The Kier molecular flexibility index (Phi) is 6.78. The van der Waals surface area contributed by atoms with Crippen LogP contribution in [0.15, 0.2) is 156 Å². The molecule has 0 aliphatic carbocycles. The van der Waals surface area contributed by atoms with Crippen molar-refractivity contribution in [3.8, 4) is 22.6 Å². The van der Waals surface area contributed by atoms with E-state index in [9.17, 15) is 10.2 Å². The maximum absolute atomic E-state index is 11.3. The van der Waals surface area contributed by atoms with Crippen molar-refractivity contribution in [1.29, 1.82) is 0 Å². The van der Waals surface area contributed by atoms with Crippen LogP contribution in [0.5, 0.6) is 11.5 Å². The third-order valence-electron chi connectivity index (χ3n) is 8.01. The van der Waals surface area contributed by atoms with Crippen molar-refractivity contribution in [1.82, 2.24) is 0 Å². The highest BCUT2D eigenvalue weighted by Gasteiger charge is 2.47. The minimum atomic E-state index is -2.28. The van der Waals surface area contributed by atoms with Crippen LogP contribution in [0, 0.1) is 0 Å². The fraction of sp³-hybridized carbons (Fsp3) is 0. The lowest BCUT2D eigenvalue weighted by Gasteiger charge is -2.28. The lowest BCUT2D eigenvalue weighted by molar-refractivity contribution is 0.470. The largest absolute Gasteiger partial charge is 0.507 e. The average molecular weight is 627 g/mol. The molecule has 4 heteroatoms. The number of halogens is 1. The molecule has 0 aliphatic rings. The normalized spacial score (nSPS) is 11.6. The predicted octanol–water partition coefficient (Wildman–Crippen LogP) is 8.45. The van der Waals surface area contributed by atoms with Crippen molar-refractivity contribution in [2.75, 3.05) is 0 Å². The minimum absolute atomic E-state index is 0.135. The van der Waals surface area contributed by atoms with Gasteiger partial charge >= 0.3 is 0 Å². The van der Waals surface area contributed by atoms with Gasteiger partial charge < -0.3 is 10.2 Å². The lowest BCUT2D eigenvalue weighted by atomic mass is 9.92. The quantitative estimate of drug-likeness (QED) is 0.188. The van der Waals surface area contributed by atoms with Crippen LogP contribution in [0.1, 0.15) is 0 Å². The molecule has 2 N–H and O–H groups in total. The molecule has 0 radical (unpaired) electrons. The van der Waals surface area contributed by atoms with E-state index in [2.05, 4.69) is 125 Å². The summed E-state index contributed by atoms with van der Waals surface area (Å²) < 4.78 is 0.960. The molecule has 202 valence electrons. The van der Waals surface area contributed by atoms with Gasteiger partial charge in [0.1, 0.15) is 40.0 Å². The van der Waals surface area contributed by atoms with Crippen LogP contribution >= 0.6 is 23.2 Å². The number of benzene rings is 7. The van der Waals surface area contributed by atoms with E-state index in [1.54, 1.807) is 12.1 Å². The summed E-state index contributed by atoms with van der Waals surface area (Å²) in [5.41, 5.74) is 1.26. The second-order valence-electron chi connectivity index (χ2n) is 10.4. The number of phenols is 2. The van der Waals surface area contributed by atoms with Crippen LogP contribution in [-0.2, 0) is 0 Å². The first-order valence-electron chi connectivity index (χ1n) is 13.8. The van der Waals surface area contributed by atoms with E-state index in [0.29, 0.717) is 11.1 Å². The zero-order valence-electron chi connectivity index (χ0n) is 22.7. The SMILES string of the molecule is Oc1ccc2cc(Br)ccc2c1-c1c(O)ccc2cc([P+](c3ccccc3)(c3ccccc3)c3ccccc3)ccc12. The van der Waals surface area contributed by atoms with E-state index in [-0.39, 0.29) is 11.5 Å². The zero-order chi connectivity index (χ0) is 28.7. The van der Waals surface area contributed by atoms with Crippen LogP contribution in [0.25, 0.3) is 32.7 Å². The summed E-state index contributed by atoms with van der Waals surface area (Å²) in [6.07, 6.45) is 0. The van der Waals surface area contributed by atoms with Gasteiger partial charge in [0.15, 0.2) is 0 Å². The van der Waals surface area contributed by atoms with E-state index < -0.39 is 7.26 Å². The van der Waals surface area contributed by atoms with Crippen molar-refractivity contribution < 1.29 is 10.2 Å². The van der Waals surface area contributed by atoms with Gasteiger partial charge in [-0.15, -0.1) is 0 Å². The third-order valence-corrected chi connectivity index (χ3v) is 12.8. The molecule has 7 rings (SSSR count). The van der Waals surface area contributed by atoms with Gasteiger partial charge in [0.2, 0.25) is 0 Å². The standard InChI is InChI=1S/C38H26BrO2P/c39-28-18-20-33-26(24-28)16-22-35(40)37(33)38-34-21-19-32(25-27(34)17-23-36(38)41)42(29-10-4-1-5-11-29,30-12-6-2-7-13-30)31-14-8-3-9-15-31/h1-25H,(H-,40,41)/p+1. The van der Waals surface area contributed by atoms with Gasteiger partial charge in [0.25, 0.3) is 0 Å². The van der Waals surface area contributed by atoms with E-state index in [1.165, 1.54) is 21.2 Å². The summed E-state index contributed by atoms with van der Waals surface area (Å²) in [5.74, 6) is 0.271. The van der Waals surface area contributed by atoms with Crippen LogP contribution in [-0.4, -0.2) is 10.2 Å². The first kappa shape index (κ1) is 26.5. The number of phenolic OH excluding ortho intramolecular Hbond substituents is 2. The molecule has 2 nitrogen and oxygen atoms in total. The molecule has 7 aromatic rings. The number of aromatic hydroxyl groups is 2. The van der Waals surface area contributed by atoms with Gasteiger partial charge in [-0.1, -0.05) is 88.7 Å². The second kappa shape index (κ2) is 10.8. The minimum Gasteiger partial charge on any atom is -0.507 e. The number of hydrogen-bond donors (Lipinski definition) is 2. The average Bonchev–Trinajstić information content (AvgIpc) is 3.04. The maximum Gasteiger partial charge on any atom is 0.144 e. The summed E-state index contributed by atoms with van der Waals surface area (Å²) in [6.45, 7) is 0. The van der Waals surface area contributed by atoms with Gasteiger partial charge in [0.05, 0.1) is 0 Å². The van der Waals surface area contributed by atoms with Crippen LogP contribution in [0.4, 0.5) is 0 Å². The van der Waals surface area contributed by atoms with Crippen LogP contribution < -0.4 is 21.2 Å². The van der Waals surface area contributed by atoms with E-state index in [0.717, 1.165) is 26.0 Å². The van der Waals surface area contributed by atoms with E-state index >= 15 is 0 Å². The zero-order valence-corrected chi connectivity index (χ0v) is 25.1. The molecular weight excluding hydrogens is 599 g/mol. The monoisotopic (exact) mass is 625 g/mol. The van der Waals surface area contributed by atoms with E-state index in [4.69, 9.17) is 0 Å². The smallest absolute Gasteiger partial charge is 0.144 e. The van der Waals surface area contributed by atoms with Crippen LogP contribution in [0.3, 0.4) is 0 Å². The fourth-order valence-electron chi connectivity index (χ4n) is 6.18. The molecule has 0 atom stereocenters. The molecule has 0 spiro atoms. The first-order chi connectivity index (χ1) is 20.6. The van der Waals surface area contributed by atoms with Crippen molar-refractivity contribution in [2.24, 2.45) is 0 Å². The predicted molar refractivity (Wildman–Crippen MR) is 183 cm³/mol. The molecule has 0 aromatic heterocycles. The fourth-order valence-corrected chi connectivity index (χ4v) is 10.8. The van der Waals surface area contributed by atoms with E-state index in [1.807, 2.05) is 30.3 Å².